The number of methoxy groups -OCH3 is 1. The highest BCUT2D eigenvalue weighted by Crippen LogP contribution is 2.29. The molecule has 2 heterocycles. The number of hydrogen-bond donors (Lipinski definition) is 1. The molecule has 0 aliphatic carbocycles. The lowest BCUT2D eigenvalue weighted by atomic mass is 9.98. The highest BCUT2D eigenvalue weighted by atomic mass is 16.5. The fourth-order valence-electron chi connectivity index (χ4n) is 4.75. The molecule has 10 nitrogen and oxygen atoms in total. The molecule has 0 saturated heterocycles. The number of esters is 1. The summed E-state index contributed by atoms with van der Waals surface area (Å²) in [5, 5.41) is 14.4. The minimum Gasteiger partial charge on any atom is -0.465 e. The fourth-order valence-corrected chi connectivity index (χ4v) is 4.75. The van der Waals surface area contributed by atoms with E-state index < -0.39 is 17.2 Å². The maximum atomic E-state index is 13.7. The molecular weight excluding hydrogens is 508 g/mol. The first-order chi connectivity index (χ1) is 19.5. The Balaban J connectivity index is 1.49. The summed E-state index contributed by atoms with van der Waals surface area (Å²) in [5.74, 6) is -0.0148. The number of hydrogen-bond acceptors (Lipinski definition) is 7. The largest absolute Gasteiger partial charge is 0.465 e. The van der Waals surface area contributed by atoms with E-state index in [1.165, 1.54) is 13.2 Å². The third kappa shape index (κ3) is 5.37. The third-order valence-corrected chi connectivity index (χ3v) is 6.74. The first-order valence-electron chi connectivity index (χ1n) is 12.9. The van der Waals surface area contributed by atoms with Gasteiger partial charge in [0, 0.05) is 17.3 Å². The normalized spacial score (nSPS) is 10.9. The number of ether oxygens (including phenoxy) is 1. The van der Waals surface area contributed by atoms with Crippen LogP contribution in [0.3, 0.4) is 0 Å². The van der Waals surface area contributed by atoms with Crippen molar-refractivity contribution in [3.63, 3.8) is 0 Å². The van der Waals surface area contributed by atoms with Gasteiger partial charge in [0.15, 0.2) is 0 Å². The van der Waals surface area contributed by atoms with Gasteiger partial charge in [-0.1, -0.05) is 80.1 Å². The second-order valence-corrected chi connectivity index (χ2v) is 9.31. The number of rotatable bonds is 9. The molecule has 10 heteroatoms. The van der Waals surface area contributed by atoms with Crippen molar-refractivity contribution in [1.82, 2.24) is 29.8 Å². The average Bonchev–Trinajstić information content (AvgIpc) is 3.53. The first-order valence-corrected chi connectivity index (χ1v) is 12.9. The Morgan fingerprint density at radius 3 is 2.33 bits per heavy atom. The van der Waals surface area contributed by atoms with E-state index in [1.54, 1.807) is 28.8 Å². The van der Waals surface area contributed by atoms with Gasteiger partial charge < -0.3 is 4.74 Å². The number of nitrogens with zero attached hydrogens (tertiary/aromatic N) is 5. The van der Waals surface area contributed by atoms with E-state index in [4.69, 9.17) is 4.74 Å². The SMILES string of the molecule is CCCc1cc(=O)n(Cc2ccccc2C(=O)OC)c(=O)n1Cc1ccc(-c2ccccc2-c2nn[nH]n2)cc1. The Kier molecular flexibility index (Phi) is 7.77. The molecule has 0 fully saturated rings. The number of carbonyl (C=O) groups is 1. The Bertz CT molecular complexity index is 1750. The number of nitrogens with one attached hydrogen (secondary N) is 1. The van der Waals surface area contributed by atoms with Gasteiger partial charge in [0.25, 0.3) is 5.56 Å². The molecule has 0 radical (unpaired) electrons. The van der Waals surface area contributed by atoms with Crippen molar-refractivity contribution >= 4 is 5.97 Å². The molecule has 5 rings (SSSR count). The molecule has 2 aromatic heterocycles. The van der Waals surface area contributed by atoms with Crippen LogP contribution >= 0.6 is 0 Å². The molecule has 1 N–H and O–H groups in total. The van der Waals surface area contributed by atoms with Gasteiger partial charge in [-0.25, -0.2) is 9.59 Å². The summed E-state index contributed by atoms with van der Waals surface area (Å²) >= 11 is 0. The molecule has 0 atom stereocenters. The van der Waals surface area contributed by atoms with Crippen LogP contribution in [0, 0.1) is 0 Å². The lowest BCUT2D eigenvalue weighted by molar-refractivity contribution is 0.0599. The van der Waals surface area contributed by atoms with Gasteiger partial charge in [0.1, 0.15) is 0 Å². The number of benzene rings is 3. The summed E-state index contributed by atoms with van der Waals surface area (Å²) in [4.78, 5) is 39.0. The topological polar surface area (TPSA) is 125 Å². The molecule has 5 aromatic rings. The van der Waals surface area contributed by atoms with Gasteiger partial charge in [0.2, 0.25) is 5.82 Å². The average molecular weight is 537 g/mol. The van der Waals surface area contributed by atoms with Crippen LogP contribution in [0.15, 0.2) is 88.5 Å². The highest BCUT2D eigenvalue weighted by Gasteiger charge is 2.17. The van der Waals surface area contributed by atoms with Crippen molar-refractivity contribution in [2.24, 2.45) is 0 Å². The van der Waals surface area contributed by atoms with Gasteiger partial charge in [-0.05, 0) is 40.0 Å². The second-order valence-electron chi connectivity index (χ2n) is 9.31. The van der Waals surface area contributed by atoms with Crippen molar-refractivity contribution < 1.29 is 9.53 Å². The van der Waals surface area contributed by atoms with Crippen molar-refractivity contribution in [3.05, 3.63) is 122 Å². The smallest absolute Gasteiger partial charge is 0.338 e. The Morgan fingerprint density at radius 2 is 1.62 bits per heavy atom. The maximum Gasteiger partial charge on any atom is 0.338 e. The van der Waals surface area contributed by atoms with Crippen LogP contribution in [0.1, 0.15) is 40.5 Å². The van der Waals surface area contributed by atoms with Gasteiger partial charge >= 0.3 is 11.7 Å². The number of carbonyl (C=O) groups excluding carboxylic acids is 1. The molecule has 0 spiro atoms. The summed E-state index contributed by atoms with van der Waals surface area (Å²) in [7, 11) is 1.30. The van der Waals surface area contributed by atoms with E-state index in [1.807, 2.05) is 55.5 Å². The summed E-state index contributed by atoms with van der Waals surface area (Å²) in [5.41, 5.74) is 4.36. The monoisotopic (exact) mass is 536 g/mol. The maximum absolute atomic E-state index is 13.7. The van der Waals surface area contributed by atoms with Gasteiger partial charge in [-0.15, -0.1) is 10.2 Å². The van der Waals surface area contributed by atoms with Crippen molar-refractivity contribution in [3.8, 4) is 22.5 Å². The van der Waals surface area contributed by atoms with Gasteiger partial charge in [-0.2, -0.15) is 5.21 Å². The Morgan fingerprint density at radius 1 is 0.900 bits per heavy atom. The molecule has 0 bridgehead atoms. The zero-order valence-corrected chi connectivity index (χ0v) is 22.2. The predicted molar refractivity (Wildman–Crippen MR) is 150 cm³/mol. The third-order valence-electron chi connectivity index (χ3n) is 6.74. The molecule has 0 saturated carbocycles. The van der Waals surface area contributed by atoms with Crippen LogP contribution in [0.5, 0.6) is 0 Å². The first kappa shape index (κ1) is 26.5. The van der Waals surface area contributed by atoms with Crippen LogP contribution in [-0.2, 0) is 24.2 Å². The minimum atomic E-state index is -0.521. The van der Waals surface area contributed by atoms with E-state index in [9.17, 15) is 14.4 Å². The number of tetrazole rings is 1. The van der Waals surface area contributed by atoms with Crippen molar-refractivity contribution in [2.45, 2.75) is 32.9 Å². The molecule has 0 amide bonds. The number of aromatic nitrogens is 6. The van der Waals surface area contributed by atoms with Crippen molar-refractivity contribution in [2.75, 3.05) is 7.11 Å². The molecule has 0 unspecified atom stereocenters. The molecule has 0 aliphatic heterocycles. The quantitative estimate of drug-likeness (QED) is 0.285. The van der Waals surface area contributed by atoms with Gasteiger partial charge in [0.05, 0.1) is 25.8 Å². The van der Waals surface area contributed by atoms with Crippen LogP contribution in [0.25, 0.3) is 22.5 Å². The van der Waals surface area contributed by atoms with E-state index in [2.05, 4.69) is 20.6 Å². The zero-order chi connectivity index (χ0) is 28.1. The summed E-state index contributed by atoms with van der Waals surface area (Å²) < 4.78 is 7.67. The highest BCUT2D eigenvalue weighted by molar-refractivity contribution is 5.91. The summed E-state index contributed by atoms with van der Waals surface area (Å²) in [6.45, 7) is 2.25. The minimum absolute atomic E-state index is 0.0405. The second kappa shape index (κ2) is 11.7. The van der Waals surface area contributed by atoms with Crippen LogP contribution in [0.4, 0.5) is 0 Å². The van der Waals surface area contributed by atoms with E-state index in [-0.39, 0.29) is 6.54 Å². The number of aromatic amines is 1. The summed E-state index contributed by atoms with van der Waals surface area (Å²) in [6, 6.07) is 24.0. The lowest BCUT2D eigenvalue weighted by Crippen LogP contribution is -2.41. The zero-order valence-electron chi connectivity index (χ0n) is 22.2. The Labute approximate surface area is 229 Å². The van der Waals surface area contributed by atoms with E-state index >= 15 is 0 Å². The van der Waals surface area contributed by atoms with Crippen LogP contribution in [0.2, 0.25) is 0 Å². The van der Waals surface area contributed by atoms with E-state index in [0.717, 1.165) is 33.2 Å². The van der Waals surface area contributed by atoms with Gasteiger partial charge in [-0.3, -0.25) is 13.9 Å². The van der Waals surface area contributed by atoms with Crippen LogP contribution in [-0.4, -0.2) is 42.8 Å². The van der Waals surface area contributed by atoms with Crippen molar-refractivity contribution in [1.29, 1.82) is 0 Å². The fraction of sp³-hybridized carbons (Fsp3) is 0.200. The number of H-pyrrole nitrogens is 1. The number of aryl methyl sites for hydroxylation is 1. The molecule has 3 aromatic carbocycles. The molecule has 40 heavy (non-hydrogen) atoms. The van der Waals surface area contributed by atoms with Crippen LogP contribution < -0.4 is 11.2 Å². The molecule has 0 aliphatic rings. The molecule has 202 valence electrons. The molecular formula is C30H28N6O4. The standard InChI is InChI=1S/C30H28N6O4/c1-3-8-23-17-27(37)36(19-22-9-4-5-11-25(22)29(38)40-2)30(39)35(23)18-20-13-15-21(16-14-20)24-10-6-7-12-26(24)28-31-33-34-32-28/h4-7,9-17H,3,8,18-19H2,1-2H3,(H,31,32,33,34). The predicted octanol–water partition coefficient (Wildman–Crippen LogP) is 3.69. The lowest BCUT2D eigenvalue weighted by Gasteiger charge is -2.16. The Hall–Kier alpha value is -5.12. The summed E-state index contributed by atoms with van der Waals surface area (Å²) in [6.07, 6.45) is 1.36. The van der Waals surface area contributed by atoms with E-state index in [0.29, 0.717) is 35.6 Å².